The average molecular weight is 248 g/mol. The molecular formula is C14H17FN2O. The molecule has 2 aromatic rings. The Morgan fingerprint density at radius 3 is 2.83 bits per heavy atom. The molecule has 1 aromatic heterocycles. The van der Waals surface area contributed by atoms with Crippen molar-refractivity contribution in [2.45, 2.75) is 38.1 Å². The molecule has 1 saturated carbocycles. The average Bonchev–Trinajstić information content (AvgIpc) is 2.81. The number of nitrogens with zero attached hydrogens (tertiary/aromatic N) is 1. The fourth-order valence-corrected chi connectivity index (χ4v) is 2.76. The first-order valence-electron chi connectivity index (χ1n) is 6.55. The Kier molecular flexibility index (Phi) is 3.04. The molecule has 0 aliphatic heterocycles. The highest BCUT2D eigenvalue weighted by Crippen LogP contribution is 2.33. The van der Waals surface area contributed by atoms with Crippen molar-refractivity contribution in [3.63, 3.8) is 0 Å². The molecule has 1 atom stereocenters. The monoisotopic (exact) mass is 248 g/mol. The zero-order valence-corrected chi connectivity index (χ0v) is 10.2. The third-order valence-electron chi connectivity index (χ3n) is 3.81. The number of oxazole rings is 1. The van der Waals surface area contributed by atoms with E-state index in [-0.39, 0.29) is 11.9 Å². The molecule has 1 heterocycles. The molecule has 3 rings (SSSR count). The SMILES string of the molecule is NC(c1nc2cc(F)ccc2o1)C1CCCCC1. The Morgan fingerprint density at radius 2 is 2.06 bits per heavy atom. The summed E-state index contributed by atoms with van der Waals surface area (Å²) in [6.45, 7) is 0. The van der Waals surface area contributed by atoms with E-state index >= 15 is 0 Å². The third kappa shape index (κ3) is 2.12. The molecule has 1 aliphatic rings. The highest BCUT2D eigenvalue weighted by molar-refractivity contribution is 5.72. The molecule has 0 spiro atoms. The van der Waals surface area contributed by atoms with E-state index in [1.807, 2.05) is 0 Å². The van der Waals surface area contributed by atoms with Gasteiger partial charge in [0.1, 0.15) is 11.3 Å². The maximum Gasteiger partial charge on any atom is 0.212 e. The lowest BCUT2D eigenvalue weighted by molar-refractivity contribution is 0.278. The van der Waals surface area contributed by atoms with E-state index in [4.69, 9.17) is 10.2 Å². The van der Waals surface area contributed by atoms with Gasteiger partial charge in [0, 0.05) is 6.07 Å². The fourth-order valence-electron chi connectivity index (χ4n) is 2.76. The predicted molar refractivity (Wildman–Crippen MR) is 67.5 cm³/mol. The summed E-state index contributed by atoms with van der Waals surface area (Å²) in [5.74, 6) is 0.688. The molecule has 2 N–H and O–H groups in total. The zero-order chi connectivity index (χ0) is 12.5. The topological polar surface area (TPSA) is 52.0 Å². The summed E-state index contributed by atoms with van der Waals surface area (Å²) in [5, 5.41) is 0. The molecule has 0 bridgehead atoms. The lowest BCUT2D eigenvalue weighted by Gasteiger charge is -2.25. The van der Waals surface area contributed by atoms with Gasteiger partial charge in [-0.05, 0) is 30.9 Å². The van der Waals surface area contributed by atoms with Crippen LogP contribution in [0.15, 0.2) is 22.6 Å². The molecule has 18 heavy (non-hydrogen) atoms. The summed E-state index contributed by atoms with van der Waals surface area (Å²) in [6.07, 6.45) is 6.02. The van der Waals surface area contributed by atoms with Crippen molar-refractivity contribution in [2.75, 3.05) is 0 Å². The summed E-state index contributed by atoms with van der Waals surface area (Å²) in [6, 6.07) is 4.20. The molecule has 1 fully saturated rings. The molecular weight excluding hydrogens is 231 g/mol. The fraction of sp³-hybridized carbons (Fsp3) is 0.500. The lowest BCUT2D eigenvalue weighted by Crippen LogP contribution is -2.23. The van der Waals surface area contributed by atoms with Gasteiger partial charge < -0.3 is 10.2 Å². The number of aromatic nitrogens is 1. The largest absolute Gasteiger partial charge is 0.439 e. The minimum Gasteiger partial charge on any atom is -0.439 e. The van der Waals surface area contributed by atoms with Crippen LogP contribution < -0.4 is 5.73 Å². The number of halogens is 1. The van der Waals surface area contributed by atoms with Crippen LogP contribution in [0.2, 0.25) is 0 Å². The molecule has 1 aromatic carbocycles. The first-order chi connectivity index (χ1) is 8.74. The van der Waals surface area contributed by atoms with E-state index in [1.54, 1.807) is 6.07 Å². The van der Waals surface area contributed by atoms with Crippen LogP contribution in [0, 0.1) is 11.7 Å². The maximum atomic E-state index is 13.1. The molecule has 0 radical (unpaired) electrons. The summed E-state index contributed by atoms with van der Waals surface area (Å²) < 4.78 is 18.7. The second-order valence-corrected chi connectivity index (χ2v) is 5.09. The number of hydrogen-bond donors (Lipinski definition) is 1. The second kappa shape index (κ2) is 4.69. The van der Waals surface area contributed by atoms with E-state index < -0.39 is 0 Å². The number of nitrogens with two attached hydrogens (primary N) is 1. The number of hydrogen-bond acceptors (Lipinski definition) is 3. The molecule has 1 unspecified atom stereocenters. The van der Waals surface area contributed by atoms with E-state index in [1.165, 1.54) is 31.4 Å². The van der Waals surface area contributed by atoms with E-state index in [0.717, 1.165) is 12.8 Å². The van der Waals surface area contributed by atoms with Crippen molar-refractivity contribution in [2.24, 2.45) is 11.7 Å². The van der Waals surface area contributed by atoms with Crippen LogP contribution in [0.25, 0.3) is 11.1 Å². The summed E-state index contributed by atoms with van der Waals surface area (Å²) in [4.78, 5) is 4.32. The Hall–Kier alpha value is -1.42. The highest BCUT2D eigenvalue weighted by Gasteiger charge is 2.25. The molecule has 0 saturated heterocycles. The van der Waals surface area contributed by atoms with Gasteiger partial charge in [0.05, 0.1) is 6.04 Å². The standard InChI is InChI=1S/C14H17FN2O/c15-10-6-7-12-11(8-10)17-14(18-12)13(16)9-4-2-1-3-5-9/h6-9,13H,1-5,16H2. The van der Waals surface area contributed by atoms with Gasteiger partial charge in [-0.3, -0.25) is 0 Å². The van der Waals surface area contributed by atoms with Gasteiger partial charge in [-0.1, -0.05) is 19.3 Å². The van der Waals surface area contributed by atoms with Gasteiger partial charge in [-0.2, -0.15) is 0 Å². The predicted octanol–water partition coefficient (Wildman–Crippen LogP) is 3.55. The summed E-state index contributed by atoms with van der Waals surface area (Å²) in [7, 11) is 0. The zero-order valence-electron chi connectivity index (χ0n) is 10.2. The van der Waals surface area contributed by atoms with Gasteiger partial charge in [0.2, 0.25) is 5.89 Å². The number of fused-ring (bicyclic) bond motifs is 1. The Bertz CT molecular complexity index is 546. The van der Waals surface area contributed by atoms with Crippen molar-refractivity contribution in [1.29, 1.82) is 0 Å². The third-order valence-corrected chi connectivity index (χ3v) is 3.81. The Morgan fingerprint density at radius 1 is 1.28 bits per heavy atom. The lowest BCUT2D eigenvalue weighted by atomic mass is 9.84. The molecule has 3 nitrogen and oxygen atoms in total. The van der Waals surface area contributed by atoms with Gasteiger partial charge >= 0.3 is 0 Å². The summed E-state index contributed by atoms with van der Waals surface area (Å²) in [5.41, 5.74) is 7.38. The van der Waals surface area contributed by atoms with E-state index in [2.05, 4.69) is 4.98 Å². The molecule has 1 aliphatic carbocycles. The van der Waals surface area contributed by atoms with Crippen LogP contribution in [0.3, 0.4) is 0 Å². The van der Waals surface area contributed by atoms with Crippen molar-refractivity contribution in [3.8, 4) is 0 Å². The van der Waals surface area contributed by atoms with Crippen molar-refractivity contribution in [1.82, 2.24) is 4.98 Å². The van der Waals surface area contributed by atoms with Gasteiger partial charge in [-0.15, -0.1) is 0 Å². The minimum atomic E-state index is -0.298. The highest BCUT2D eigenvalue weighted by atomic mass is 19.1. The smallest absolute Gasteiger partial charge is 0.212 e. The first-order valence-corrected chi connectivity index (χ1v) is 6.55. The molecule has 0 amide bonds. The second-order valence-electron chi connectivity index (χ2n) is 5.09. The van der Waals surface area contributed by atoms with Crippen molar-refractivity contribution in [3.05, 3.63) is 29.9 Å². The van der Waals surface area contributed by atoms with E-state index in [9.17, 15) is 4.39 Å². The van der Waals surface area contributed by atoms with Crippen molar-refractivity contribution >= 4 is 11.1 Å². The Labute approximate surface area is 105 Å². The van der Waals surface area contributed by atoms with Crippen molar-refractivity contribution < 1.29 is 8.81 Å². The van der Waals surface area contributed by atoms with Crippen LogP contribution in [-0.2, 0) is 0 Å². The quantitative estimate of drug-likeness (QED) is 0.884. The summed E-state index contributed by atoms with van der Waals surface area (Å²) >= 11 is 0. The van der Waals surface area contributed by atoms with Crippen LogP contribution in [-0.4, -0.2) is 4.98 Å². The van der Waals surface area contributed by atoms with E-state index in [0.29, 0.717) is 22.9 Å². The first kappa shape index (κ1) is 11.7. The number of rotatable bonds is 2. The maximum absolute atomic E-state index is 13.1. The molecule has 96 valence electrons. The van der Waals surface area contributed by atoms with Gasteiger partial charge in [-0.25, -0.2) is 9.37 Å². The normalized spacial score (nSPS) is 19.2. The molecule has 4 heteroatoms. The van der Waals surface area contributed by atoms with Gasteiger partial charge in [0.25, 0.3) is 0 Å². The van der Waals surface area contributed by atoms with Crippen LogP contribution in [0.4, 0.5) is 4.39 Å². The minimum absolute atomic E-state index is 0.166. The van der Waals surface area contributed by atoms with Crippen LogP contribution >= 0.6 is 0 Å². The van der Waals surface area contributed by atoms with Crippen LogP contribution in [0.5, 0.6) is 0 Å². The van der Waals surface area contributed by atoms with Gasteiger partial charge in [0.15, 0.2) is 5.58 Å². The Balaban J connectivity index is 1.88. The number of benzene rings is 1. The van der Waals surface area contributed by atoms with Crippen LogP contribution in [0.1, 0.15) is 44.0 Å².